The summed E-state index contributed by atoms with van der Waals surface area (Å²) >= 11 is 3.45. The zero-order chi connectivity index (χ0) is 22.2. The minimum absolute atomic E-state index is 0.107. The number of nitrogens with zero attached hydrogens (tertiary/aromatic N) is 2. The molecule has 5 nitrogen and oxygen atoms in total. The molecule has 0 spiro atoms. The van der Waals surface area contributed by atoms with Crippen molar-refractivity contribution in [1.29, 1.82) is 0 Å². The maximum absolute atomic E-state index is 6.89. The Morgan fingerprint density at radius 2 is 1.66 bits per heavy atom. The lowest BCUT2D eigenvalue weighted by atomic mass is 9.96. The molecule has 1 aliphatic carbocycles. The maximum Gasteiger partial charge on any atom is 0.162 e. The zero-order valence-corrected chi connectivity index (χ0v) is 20.1. The van der Waals surface area contributed by atoms with E-state index in [9.17, 15) is 0 Å². The summed E-state index contributed by atoms with van der Waals surface area (Å²) in [5.74, 6) is 0.814. The van der Waals surface area contributed by atoms with Crippen molar-refractivity contribution in [3.8, 4) is 0 Å². The van der Waals surface area contributed by atoms with Crippen LogP contribution in [0.15, 0.2) is 77.5 Å². The van der Waals surface area contributed by atoms with E-state index in [-0.39, 0.29) is 12.2 Å². The smallest absolute Gasteiger partial charge is 0.162 e. The molecule has 170 valence electrons. The van der Waals surface area contributed by atoms with Gasteiger partial charge in [-0.05, 0) is 49.6 Å². The number of dihydropyridines is 1. The van der Waals surface area contributed by atoms with Crippen LogP contribution in [0.25, 0.3) is 0 Å². The highest BCUT2D eigenvalue weighted by Gasteiger charge is 2.44. The van der Waals surface area contributed by atoms with Gasteiger partial charge in [-0.3, -0.25) is 4.99 Å². The first-order valence-corrected chi connectivity index (χ1v) is 12.3. The van der Waals surface area contributed by atoms with Gasteiger partial charge in [-0.25, -0.2) is 0 Å². The molecule has 1 saturated carbocycles. The second kappa shape index (κ2) is 11.1. The van der Waals surface area contributed by atoms with E-state index in [1.807, 2.05) is 24.4 Å². The number of rotatable bonds is 10. The van der Waals surface area contributed by atoms with Crippen LogP contribution < -0.4 is 4.90 Å². The van der Waals surface area contributed by atoms with Gasteiger partial charge in [0.1, 0.15) is 5.76 Å². The molecule has 2 aromatic rings. The van der Waals surface area contributed by atoms with Gasteiger partial charge in [0.25, 0.3) is 0 Å². The van der Waals surface area contributed by atoms with Crippen molar-refractivity contribution in [1.82, 2.24) is 0 Å². The Hall–Kier alpha value is -2.15. The molecule has 6 heteroatoms. The molecule has 0 amide bonds. The Morgan fingerprint density at radius 1 is 1.00 bits per heavy atom. The number of alkyl halides is 1. The summed E-state index contributed by atoms with van der Waals surface area (Å²) in [4.78, 5) is 6.90. The molecular formula is C26H31BrN2O3. The van der Waals surface area contributed by atoms with Gasteiger partial charge in [-0.2, -0.15) is 0 Å². The molecule has 1 fully saturated rings. The second-order valence-electron chi connectivity index (χ2n) is 8.21. The SMILES string of the molecule is COC1=CC=NCC1(CN(c1ccccc1)c1ccccc1)OC1CCC(OCCBr)C1. The summed E-state index contributed by atoms with van der Waals surface area (Å²) in [6, 6.07) is 20.8. The van der Waals surface area contributed by atoms with Crippen LogP contribution in [-0.4, -0.2) is 56.2 Å². The molecule has 2 aliphatic rings. The number of aliphatic imine (C=N–C) groups is 1. The number of hydrogen-bond donors (Lipinski definition) is 0. The molecule has 0 radical (unpaired) electrons. The molecule has 4 rings (SSSR count). The van der Waals surface area contributed by atoms with Crippen molar-refractivity contribution < 1.29 is 14.2 Å². The number of para-hydroxylation sites is 2. The molecule has 0 bridgehead atoms. The number of anilines is 2. The largest absolute Gasteiger partial charge is 0.498 e. The summed E-state index contributed by atoms with van der Waals surface area (Å²) in [6.45, 7) is 1.85. The fourth-order valence-corrected chi connectivity index (χ4v) is 4.74. The zero-order valence-electron chi connectivity index (χ0n) is 18.5. The van der Waals surface area contributed by atoms with Crippen molar-refractivity contribution in [3.63, 3.8) is 0 Å². The van der Waals surface area contributed by atoms with Crippen LogP contribution in [-0.2, 0) is 14.2 Å². The van der Waals surface area contributed by atoms with Gasteiger partial charge in [0.2, 0.25) is 0 Å². The van der Waals surface area contributed by atoms with E-state index in [2.05, 4.69) is 74.4 Å². The lowest BCUT2D eigenvalue weighted by molar-refractivity contribution is -0.0860. The standard InChI is InChI=1S/C26H31BrN2O3/c1-30-25-14-16-28-19-26(25,32-24-13-12-23(18-24)31-17-15-27)20-29(21-8-4-2-5-9-21)22-10-6-3-7-11-22/h2-11,14,16,23-24H,12-13,15,17-20H2,1H3. The topological polar surface area (TPSA) is 43.3 Å². The third kappa shape index (κ3) is 5.42. The van der Waals surface area contributed by atoms with Crippen molar-refractivity contribution in [3.05, 3.63) is 72.5 Å². The van der Waals surface area contributed by atoms with Crippen LogP contribution in [0, 0.1) is 0 Å². The lowest BCUT2D eigenvalue weighted by Gasteiger charge is -2.41. The van der Waals surface area contributed by atoms with Crippen LogP contribution in [0.1, 0.15) is 19.3 Å². The quantitative estimate of drug-likeness (QED) is 0.404. The molecule has 1 heterocycles. The molecule has 0 aromatic heterocycles. The fourth-order valence-electron chi connectivity index (χ4n) is 4.56. The summed E-state index contributed by atoms with van der Waals surface area (Å²) in [5.41, 5.74) is 1.54. The summed E-state index contributed by atoms with van der Waals surface area (Å²) in [6.07, 6.45) is 6.99. The van der Waals surface area contributed by atoms with E-state index in [1.54, 1.807) is 7.11 Å². The predicted octanol–water partition coefficient (Wildman–Crippen LogP) is 5.53. The van der Waals surface area contributed by atoms with Crippen LogP contribution >= 0.6 is 15.9 Å². The highest BCUT2D eigenvalue weighted by Crippen LogP contribution is 2.37. The van der Waals surface area contributed by atoms with E-state index < -0.39 is 5.60 Å². The van der Waals surface area contributed by atoms with Crippen LogP contribution in [0.3, 0.4) is 0 Å². The van der Waals surface area contributed by atoms with Crippen molar-refractivity contribution >= 4 is 33.5 Å². The Kier molecular flexibility index (Phi) is 8.00. The first-order valence-electron chi connectivity index (χ1n) is 11.2. The fraction of sp³-hybridized carbons (Fsp3) is 0.423. The molecule has 3 atom stereocenters. The van der Waals surface area contributed by atoms with Gasteiger partial charge in [0, 0.05) is 22.9 Å². The number of ether oxygens (including phenoxy) is 3. The minimum Gasteiger partial charge on any atom is -0.498 e. The van der Waals surface area contributed by atoms with Crippen molar-refractivity contribution in [2.24, 2.45) is 4.99 Å². The van der Waals surface area contributed by atoms with E-state index in [4.69, 9.17) is 14.2 Å². The third-order valence-corrected chi connectivity index (χ3v) is 6.38. The first-order chi connectivity index (χ1) is 15.7. The Balaban J connectivity index is 1.63. The minimum atomic E-state index is -0.676. The van der Waals surface area contributed by atoms with Crippen molar-refractivity contribution in [2.45, 2.75) is 37.1 Å². The van der Waals surface area contributed by atoms with Crippen LogP contribution in [0.2, 0.25) is 0 Å². The average Bonchev–Trinajstić information content (AvgIpc) is 3.29. The van der Waals surface area contributed by atoms with Crippen LogP contribution in [0.4, 0.5) is 11.4 Å². The maximum atomic E-state index is 6.89. The van der Waals surface area contributed by atoms with E-state index in [0.29, 0.717) is 13.1 Å². The average molecular weight is 499 g/mol. The Bertz CT molecular complexity index is 866. The second-order valence-corrected chi connectivity index (χ2v) is 9.00. The number of allylic oxidation sites excluding steroid dienone is 1. The molecule has 1 aliphatic heterocycles. The van der Waals surface area contributed by atoms with Gasteiger partial charge in [-0.1, -0.05) is 52.3 Å². The number of methoxy groups -OCH3 is 1. The number of hydrogen-bond acceptors (Lipinski definition) is 5. The molecular weight excluding hydrogens is 468 g/mol. The highest BCUT2D eigenvalue weighted by atomic mass is 79.9. The van der Waals surface area contributed by atoms with Crippen molar-refractivity contribution in [2.75, 3.05) is 37.0 Å². The molecule has 0 saturated heterocycles. The summed E-state index contributed by atoms with van der Waals surface area (Å²) in [7, 11) is 1.72. The monoisotopic (exact) mass is 498 g/mol. The van der Waals surface area contributed by atoms with E-state index in [0.717, 1.165) is 48.3 Å². The summed E-state index contributed by atoms with van der Waals surface area (Å²) in [5, 5.41) is 0.855. The van der Waals surface area contributed by atoms with Gasteiger partial charge in [0.05, 0.1) is 39.0 Å². The normalized spacial score (nSPS) is 24.9. The number of benzene rings is 2. The third-order valence-electron chi connectivity index (χ3n) is 6.06. The van der Waals surface area contributed by atoms with E-state index in [1.165, 1.54) is 0 Å². The predicted molar refractivity (Wildman–Crippen MR) is 133 cm³/mol. The van der Waals surface area contributed by atoms with Gasteiger partial charge in [-0.15, -0.1) is 0 Å². The van der Waals surface area contributed by atoms with E-state index >= 15 is 0 Å². The molecule has 3 unspecified atom stereocenters. The van der Waals surface area contributed by atoms with Gasteiger partial charge >= 0.3 is 0 Å². The summed E-state index contributed by atoms with van der Waals surface area (Å²) < 4.78 is 18.7. The Morgan fingerprint density at radius 3 is 2.28 bits per heavy atom. The lowest BCUT2D eigenvalue weighted by Crippen LogP contribution is -2.51. The highest BCUT2D eigenvalue weighted by molar-refractivity contribution is 9.09. The number of halogens is 1. The van der Waals surface area contributed by atoms with Gasteiger partial charge in [0.15, 0.2) is 5.60 Å². The van der Waals surface area contributed by atoms with Gasteiger partial charge < -0.3 is 19.1 Å². The Labute approximate surface area is 199 Å². The van der Waals surface area contributed by atoms with Crippen LogP contribution in [0.5, 0.6) is 0 Å². The molecule has 0 N–H and O–H groups in total. The first kappa shape index (κ1) is 23.0. The molecule has 32 heavy (non-hydrogen) atoms. The molecule has 2 aromatic carbocycles.